The van der Waals surface area contributed by atoms with E-state index in [0.29, 0.717) is 11.4 Å². The van der Waals surface area contributed by atoms with Crippen LogP contribution in [0.1, 0.15) is 19.4 Å². The minimum atomic E-state index is -1.13. The zero-order valence-corrected chi connectivity index (χ0v) is 15.8. The number of aliphatic carboxylic acids is 1. The van der Waals surface area contributed by atoms with E-state index in [1.165, 1.54) is 4.90 Å². The maximum absolute atomic E-state index is 13.1. The predicted molar refractivity (Wildman–Crippen MR) is 106 cm³/mol. The molecule has 0 aliphatic carbocycles. The van der Waals surface area contributed by atoms with Gasteiger partial charge in [0.15, 0.2) is 0 Å². The molecule has 146 valence electrons. The van der Waals surface area contributed by atoms with Gasteiger partial charge in [0.25, 0.3) is 0 Å². The zero-order valence-electron chi connectivity index (χ0n) is 15.8. The lowest BCUT2D eigenvalue weighted by atomic mass is 9.98. The number of fused-ring (bicyclic) bond motifs is 1. The molecule has 2 atom stereocenters. The summed E-state index contributed by atoms with van der Waals surface area (Å²) in [7, 11) is 0. The molecule has 28 heavy (non-hydrogen) atoms. The van der Waals surface area contributed by atoms with Crippen LogP contribution in [0.15, 0.2) is 54.6 Å². The van der Waals surface area contributed by atoms with E-state index in [-0.39, 0.29) is 18.2 Å². The van der Waals surface area contributed by atoms with Crippen molar-refractivity contribution in [2.24, 2.45) is 5.92 Å². The predicted octanol–water partition coefficient (Wildman–Crippen LogP) is 2.88. The van der Waals surface area contributed by atoms with Crippen molar-refractivity contribution < 1.29 is 19.5 Å². The van der Waals surface area contributed by atoms with Gasteiger partial charge in [-0.3, -0.25) is 9.69 Å². The van der Waals surface area contributed by atoms with Crippen LogP contribution < -0.4 is 15.5 Å². The number of nitrogens with zero attached hydrogens (tertiary/aromatic N) is 1. The number of rotatable bonds is 5. The fourth-order valence-electron chi connectivity index (χ4n) is 3.37. The SMILES string of the molecule is CC(C)[C@@H]1C(=O)Nc2ccccc2N1C(=O)N[C@H](Cc1ccccc1)C(=O)O. The third-order valence-corrected chi connectivity index (χ3v) is 4.70. The zero-order chi connectivity index (χ0) is 20.3. The van der Waals surface area contributed by atoms with Crippen LogP contribution in [0.25, 0.3) is 0 Å². The number of para-hydroxylation sites is 2. The smallest absolute Gasteiger partial charge is 0.326 e. The molecule has 3 N–H and O–H groups in total. The molecule has 0 fully saturated rings. The second kappa shape index (κ2) is 8.12. The second-order valence-electron chi connectivity index (χ2n) is 7.10. The summed E-state index contributed by atoms with van der Waals surface area (Å²) in [5.41, 5.74) is 1.86. The van der Waals surface area contributed by atoms with Crippen molar-refractivity contribution >= 4 is 29.3 Å². The molecular weight excluding hydrogens is 358 g/mol. The summed E-state index contributed by atoms with van der Waals surface area (Å²) in [6.45, 7) is 3.69. The number of carbonyl (C=O) groups is 3. The van der Waals surface area contributed by atoms with Crippen molar-refractivity contribution in [3.05, 3.63) is 60.2 Å². The lowest BCUT2D eigenvalue weighted by molar-refractivity contribution is -0.139. The van der Waals surface area contributed by atoms with E-state index in [1.54, 1.807) is 24.3 Å². The van der Waals surface area contributed by atoms with Gasteiger partial charge in [0.1, 0.15) is 12.1 Å². The monoisotopic (exact) mass is 381 g/mol. The highest BCUT2D eigenvalue weighted by Crippen LogP contribution is 2.34. The molecule has 1 aliphatic heterocycles. The Morgan fingerprint density at radius 2 is 1.75 bits per heavy atom. The maximum Gasteiger partial charge on any atom is 0.326 e. The molecule has 2 aromatic carbocycles. The van der Waals surface area contributed by atoms with Crippen molar-refractivity contribution in [2.45, 2.75) is 32.4 Å². The fourth-order valence-corrected chi connectivity index (χ4v) is 3.37. The van der Waals surface area contributed by atoms with Gasteiger partial charge < -0.3 is 15.7 Å². The molecule has 0 spiro atoms. The van der Waals surface area contributed by atoms with E-state index in [4.69, 9.17) is 0 Å². The molecule has 3 amide bonds. The molecule has 7 nitrogen and oxygen atoms in total. The van der Waals surface area contributed by atoms with Crippen LogP contribution >= 0.6 is 0 Å². The Balaban J connectivity index is 1.89. The Bertz CT molecular complexity index is 882. The number of carbonyl (C=O) groups excluding carboxylic acids is 2. The largest absolute Gasteiger partial charge is 0.480 e. The van der Waals surface area contributed by atoms with E-state index in [9.17, 15) is 19.5 Å². The van der Waals surface area contributed by atoms with Gasteiger partial charge in [-0.15, -0.1) is 0 Å². The summed E-state index contributed by atoms with van der Waals surface area (Å²) < 4.78 is 0. The van der Waals surface area contributed by atoms with E-state index in [0.717, 1.165) is 5.56 Å². The number of urea groups is 1. The van der Waals surface area contributed by atoms with Crippen molar-refractivity contribution in [3.8, 4) is 0 Å². The van der Waals surface area contributed by atoms with Crippen LogP contribution in [-0.4, -0.2) is 35.1 Å². The van der Waals surface area contributed by atoms with Crippen LogP contribution in [0.5, 0.6) is 0 Å². The molecule has 1 aliphatic rings. The van der Waals surface area contributed by atoms with Gasteiger partial charge in [-0.1, -0.05) is 56.3 Å². The molecule has 0 saturated carbocycles. The number of benzene rings is 2. The first-order valence-electron chi connectivity index (χ1n) is 9.15. The maximum atomic E-state index is 13.1. The summed E-state index contributed by atoms with van der Waals surface area (Å²) in [5.74, 6) is -1.58. The van der Waals surface area contributed by atoms with Gasteiger partial charge in [0, 0.05) is 6.42 Å². The van der Waals surface area contributed by atoms with Crippen molar-refractivity contribution in [2.75, 3.05) is 10.2 Å². The third-order valence-electron chi connectivity index (χ3n) is 4.70. The van der Waals surface area contributed by atoms with Gasteiger partial charge in [-0.2, -0.15) is 0 Å². The van der Waals surface area contributed by atoms with Crippen LogP contribution in [0.3, 0.4) is 0 Å². The van der Waals surface area contributed by atoms with Crippen LogP contribution in [-0.2, 0) is 16.0 Å². The summed E-state index contributed by atoms with van der Waals surface area (Å²) >= 11 is 0. The number of amides is 3. The van der Waals surface area contributed by atoms with Crippen LogP contribution in [0.4, 0.5) is 16.2 Å². The van der Waals surface area contributed by atoms with Crippen LogP contribution in [0, 0.1) is 5.92 Å². The highest BCUT2D eigenvalue weighted by molar-refractivity contribution is 6.12. The summed E-state index contributed by atoms with van der Waals surface area (Å²) in [6, 6.07) is 13.6. The van der Waals surface area contributed by atoms with E-state index in [2.05, 4.69) is 10.6 Å². The molecule has 0 aromatic heterocycles. The van der Waals surface area contributed by atoms with Gasteiger partial charge in [-0.05, 0) is 23.6 Å². The Morgan fingerprint density at radius 3 is 2.39 bits per heavy atom. The van der Waals surface area contributed by atoms with Crippen molar-refractivity contribution in [1.82, 2.24) is 5.32 Å². The standard InChI is InChI=1S/C21H23N3O4/c1-13(2)18-19(25)22-15-10-6-7-11-17(15)24(18)21(28)23-16(20(26)27)12-14-8-4-3-5-9-14/h3-11,13,16,18H,12H2,1-2H3,(H,22,25)(H,23,28)(H,26,27)/t16-,18-/m1/s1. The topological polar surface area (TPSA) is 98.7 Å². The molecule has 0 saturated heterocycles. The average Bonchev–Trinajstić information content (AvgIpc) is 2.66. The highest BCUT2D eigenvalue weighted by atomic mass is 16.4. The van der Waals surface area contributed by atoms with Gasteiger partial charge >= 0.3 is 12.0 Å². The van der Waals surface area contributed by atoms with Gasteiger partial charge in [0.05, 0.1) is 11.4 Å². The van der Waals surface area contributed by atoms with E-state index < -0.39 is 24.1 Å². The summed E-state index contributed by atoms with van der Waals surface area (Å²) in [4.78, 5) is 38.8. The Hall–Kier alpha value is -3.35. The van der Waals surface area contributed by atoms with Gasteiger partial charge in [-0.25, -0.2) is 9.59 Å². The normalized spacial score (nSPS) is 16.9. The number of carboxylic acids is 1. The third kappa shape index (κ3) is 3.98. The number of hydrogen-bond donors (Lipinski definition) is 3. The van der Waals surface area contributed by atoms with E-state index >= 15 is 0 Å². The first-order valence-corrected chi connectivity index (χ1v) is 9.15. The highest BCUT2D eigenvalue weighted by Gasteiger charge is 2.39. The van der Waals surface area contributed by atoms with Crippen molar-refractivity contribution in [1.29, 1.82) is 0 Å². The molecule has 3 rings (SSSR count). The minimum absolute atomic E-state index is 0.149. The molecule has 0 unspecified atom stereocenters. The lowest BCUT2D eigenvalue weighted by Gasteiger charge is -2.38. The quantitative estimate of drug-likeness (QED) is 0.742. The molecule has 0 bridgehead atoms. The number of nitrogens with one attached hydrogen (secondary N) is 2. The molecule has 1 heterocycles. The Morgan fingerprint density at radius 1 is 1.11 bits per heavy atom. The summed E-state index contributed by atoms with van der Waals surface area (Å²) in [6.07, 6.45) is 0.149. The van der Waals surface area contributed by atoms with Crippen LogP contribution in [0.2, 0.25) is 0 Å². The Kier molecular flexibility index (Phi) is 5.63. The molecule has 7 heteroatoms. The minimum Gasteiger partial charge on any atom is -0.480 e. The lowest BCUT2D eigenvalue weighted by Crippen LogP contribution is -2.59. The fraction of sp³-hybridized carbons (Fsp3) is 0.286. The number of anilines is 2. The average molecular weight is 381 g/mol. The second-order valence-corrected chi connectivity index (χ2v) is 7.10. The number of hydrogen-bond acceptors (Lipinski definition) is 3. The summed E-state index contributed by atoms with van der Waals surface area (Å²) in [5, 5.41) is 15.0. The van der Waals surface area contributed by atoms with Gasteiger partial charge in [0.2, 0.25) is 5.91 Å². The van der Waals surface area contributed by atoms with E-state index in [1.807, 2.05) is 44.2 Å². The molecule has 2 aromatic rings. The molecular formula is C21H23N3O4. The van der Waals surface area contributed by atoms with Crippen molar-refractivity contribution in [3.63, 3.8) is 0 Å². The first-order chi connectivity index (χ1) is 13.4. The first kappa shape index (κ1) is 19.4. The number of carboxylic acid groups (broad SMARTS) is 1. The Labute approximate surface area is 163 Å². The molecule has 0 radical (unpaired) electrons.